The van der Waals surface area contributed by atoms with Crippen LogP contribution in [0.4, 0.5) is 0 Å². The molecule has 0 aliphatic carbocycles. The number of carbonyl (C=O) groups excluding carboxylic acids is 1. The van der Waals surface area contributed by atoms with Crippen LogP contribution in [0.25, 0.3) is 0 Å². The molecule has 0 aromatic rings. The summed E-state index contributed by atoms with van der Waals surface area (Å²) in [5, 5.41) is 11.7. The first-order chi connectivity index (χ1) is 7.06. The lowest BCUT2D eigenvalue weighted by molar-refractivity contribution is -0.136. The molecule has 0 bridgehead atoms. The predicted molar refractivity (Wildman–Crippen MR) is 57.6 cm³/mol. The molecular formula is C10H19N3O2. The summed E-state index contributed by atoms with van der Waals surface area (Å²) in [4.78, 5) is 13.9. The SMILES string of the molecule is CCC(C)(C(=O)N1CCCC1)C(N)=NO. The van der Waals surface area contributed by atoms with E-state index in [1.165, 1.54) is 0 Å². The summed E-state index contributed by atoms with van der Waals surface area (Å²) >= 11 is 0. The van der Waals surface area contributed by atoms with Crippen molar-refractivity contribution in [1.82, 2.24) is 4.90 Å². The summed E-state index contributed by atoms with van der Waals surface area (Å²) in [7, 11) is 0. The zero-order chi connectivity index (χ0) is 11.5. The molecule has 5 heteroatoms. The van der Waals surface area contributed by atoms with Gasteiger partial charge in [0.2, 0.25) is 5.91 Å². The standard InChI is InChI=1S/C10H19N3O2/c1-3-10(2,8(11)12-15)9(14)13-6-4-5-7-13/h15H,3-7H2,1-2H3,(H2,11,12). The molecule has 0 aromatic heterocycles. The number of likely N-dealkylation sites (tertiary alicyclic amines) is 1. The monoisotopic (exact) mass is 213 g/mol. The Hall–Kier alpha value is -1.26. The van der Waals surface area contributed by atoms with Crippen LogP contribution in [0.2, 0.25) is 0 Å². The molecule has 3 N–H and O–H groups in total. The summed E-state index contributed by atoms with van der Waals surface area (Å²) in [6.45, 7) is 5.16. The summed E-state index contributed by atoms with van der Waals surface area (Å²) in [5.41, 5.74) is 4.72. The Morgan fingerprint density at radius 2 is 2.07 bits per heavy atom. The van der Waals surface area contributed by atoms with Gasteiger partial charge in [0, 0.05) is 13.1 Å². The van der Waals surface area contributed by atoms with Gasteiger partial charge in [0.05, 0.1) is 0 Å². The van der Waals surface area contributed by atoms with E-state index in [1.807, 2.05) is 6.92 Å². The smallest absolute Gasteiger partial charge is 0.236 e. The fraction of sp³-hybridized carbons (Fsp3) is 0.800. The van der Waals surface area contributed by atoms with Crippen LogP contribution < -0.4 is 5.73 Å². The van der Waals surface area contributed by atoms with Crippen LogP contribution in [-0.4, -0.2) is 34.9 Å². The molecule has 1 aliphatic rings. The van der Waals surface area contributed by atoms with Gasteiger partial charge in [0.15, 0.2) is 5.84 Å². The highest BCUT2D eigenvalue weighted by molar-refractivity contribution is 6.06. The third kappa shape index (κ3) is 2.06. The van der Waals surface area contributed by atoms with E-state index >= 15 is 0 Å². The minimum atomic E-state index is -0.862. The molecule has 1 rings (SSSR count). The van der Waals surface area contributed by atoms with E-state index in [9.17, 15) is 4.79 Å². The van der Waals surface area contributed by atoms with Gasteiger partial charge < -0.3 is 15.8 Å². The Morgan fingerprint density at radius 1 is 1.53 bits per heavy atom. The van der Waals surface area contributed by atoms with E-state index in [-0.39, 0.29) is 11.7 Å². The van der Waals surface area contributed by atoms with Gasteiger partial charge in [-0.3, -0.25) is 4.79 Å². The maximum atomic E-state index is 12.2. The Morgan fingerprint density at radius 3 is 2.47 bits per heavy atom. The van der Waals surface area contributed by atoms with Crippen LogP contribution in [0.3, 0.4) is 0 Å². The minimum Gasteiger partial charge on any atom is -0.409 e. The summed E-state index contributed by atoms with van der Waals surface area (Å²) in [5.74, 6) is -0.0281. The van der Waals surface area contributed by atoms with Crippen LogP contribution in [0.1, 0.15) is 33.1 Å². The van der Waals surface area contributed by atoms with Gasteiger partial charge in [-0.1, -0.05) is 12.1 Å². The lowest BCUT2D eigenvalue weighted by Crippen LogP contribution is -2.48. The maximum absolute atomic E-state index is 12.2. The molecule has 1 heterocycles. The van der Waals surface area contributed by atoms with Gasteiger partial charge >= 0.3 is 0 Å². The number of hydrogen-bond donors (Lipinski definition) is 2. The van der Waals surface area contributed by atoms with Crippen molar-refractivity contribution in [2.75, 3.05) is 13.1 Å². The third-order valence-corrected chi connectivity index (χ3v) is 3.25. The van der Waals surface area contributed by atoms with Crippen LogP contribution in [0, 0.1) is 5.41 Å². The largest absolute Gasteiger partial charge is 0.409 e. The molecule has 0 spiro atoms. The normalized spacial score (nSPS) is 21.5. The average Bonchev–Trinajstić information content (AvgIpc) is 2.79. The molecule has 0 saturated carbocycles. The van der Waals surface area contributed by atoms with Gasteiger partial charge in [0.1, 0.15) is 5.41 Å². The van der Waals surface area contributed by atoms with Crippen molar-refractivity contribution in [1.29, 1.82) is 0 Å². The topological polar surface area (TPSA) is 78.9 Å². The molecule has 1 aliphatic heterocycles. The first kappa shape index (κ1) is 11.8. The molecule has 1 saturated heterocycles. The van der Waals surface area contributed by atoms with Gasteiger partial charge in [-0.2, -0.15) is 0 Å². The van der Waals surface area contributed by atoms with E-state index in [0.29, 0.717) is 6.42 Å². The molecule has 1 atom stereocenters. The van der Waals surface area contributed by atoms with Crippen molar-refractivity contribution in [2.24, 2.45) is 16.3 Å². The van der Waals surface area contributed by atoms with Gasteiger partial charge in [-0.15, -0.1) is 0 Å². The summed E-state index contributed by atoms with van der Waals surface area (Å²) in [6.07, 6.45) is 2.63. The lowest BCUT2D eigenvalue weighted by atomic mass is 9.84. The quantitative estimate of drug-likeness (QED) is 0.314. The Labute approximate surface area is 89.9 Å². The van der Waals surface area contributed by atoms with E-state index in [4.69, 9.17) is 10.9 Å². The van der Waals surface area contributed by atoms with E-state index < -0.39 is 5.41 Å². The van der Waals surface area contributed by atoms with Crippen molar-refractivity contribution < 1.29 is 10.0 Å². The Balaban J connectivity index is 2.85. The average molecular weight is 213 g/mol. The second-order valence-corrected chi connectivity index (χ2v) is 4.17. The highest BCUT2D eigenvalue weighted by Gasteiger charge is 2.40. The van der Waals surface area contributed by atoms with E-state index in [0.717, 1.165) is 25.9 Å². The Kier molecular flexibility index (Phi) is 3.55. The second-order valence-electron chi connectivity index (χ2n) is 4.17. The first-order valence-electron chi connectivity index (χ1n) is 5.33. The molecule has 0 aromatic carbocycles. The van der Waals surface area contributed by atoms with Crippen molar-refractivity contribution >= 4 is 11.7 Å². The number of oxime groups is 1. The van der Waals surface area contributed by atoms with Crippen molar-refractivity contribution in [3.8, 4) is 0 Å². The van der Waals surface area contributed by atoms with Crippen LogP contribution >= 0.6 is 0 Å². The third-order valence-electron chi connectivity index (χ3n) is 3.25. The van der Waals surface area contributed by atoms with Crippen LogP contribution in [0.15, 0.2) is 5.16 Å². The number of nitrogens with two attached hydrogens (primary N) is 1. The van der Waals surface area contributed by atoms with Crippen LogP contribution in [-0.2, 0) is 4.79 Å². The molecular weight excluding hydrogens is 194 g/mol. The molecule has 1 amide bonds. The van der Waals surface area contributed by atoms with Crippen molar-refractivity contribution in [3.05, 3.63) is 0 Å². The zero-order valence-electron chi connectivity index (χ0n) is 9.36. The highest BCUT2D eigenvalue weighted by atomic mass is 16.4. The molecule has 1 fully saturated rings. The highest BCUT2D eigenvalue weighted by Crippen LogP contribution is 2.26. The first-order valence-corrected chi connectivity index (χ1v) is 5.33. The predicted octanol–water partition coefficient (Wildman–Crippen LogP) is 0.772. The maximum Gasteiger partial charge on any atom is 0.236 e. The van der Waals surface area contributed by atoms with Gasteiger partial charge in [0.25, 0.3) is 0 Å². The number of amides is 1. The summed E-state index contributed by atoms with van der Waals surface area (Å²) < 4.78 is 0. The fourth-order valence-electron chi connectivity index (χ4n) is 1.82. The molecule has 0 radical (unpaired) electrons. The second kappa shape index (κ2) is 4.51. The number of amidine groups is 1. The number of rotatable bonds is 3. The fourth-order valence-corrected chi connectivity index (χ4v) is 1.82. The van der Waals surface area contributed by atoms with Gasteiger partial charge in [-0.05, 0) is 26.2 Å². The Bertz CT molecular complexity index is 272. The minimum absolute atomic E-state index is 0.00176. The van der Waals surface area contributed by atoms with Crippen molar-refractivity contribution in [3.63, 3.8) is 0 Å². The number of hydrogen-bond acceptors (Lipinski definition) is 3. The van der Waals surface area contributed by atoms with E-state index in [1.54, 1.807) is 11.8 Å². The molecule has 5 nitrogen and oxygen atoms in total. The van der Waals surface area contributed by atoms with Crippen molar-refractivity contribution in [2.45, 2.75) is 33.1 Å². The zero-order valence-corrected chi connectivity index (χ0v) is 9.36. The van der Waals surface area contributed by atoms with Gasteiger partial charge in [-0.25, -0.2) is 0 Å². The molecule has 15 heavy (non-hydrogen) atoms. The van der Waals surface area contributed by atoms with E-state index in [2.05, 4.69) is 5.16 Å². The lowest BCUT2D eigenvalue weighted by Gasteiger charge is -2.30. The van der Waals surface area contributed by atoms with Crippen LogP contribution in [0.5, 0.6) is 0 Å². The number of nitrogens with zero attached hydrogens (tertiary/aromatic N) is 2. The molecule has 1 unspecified atom stereocenters. The number of carbonyl (C=O) groups is 1. The molecule has 86 valence electrons. The summed E-state index contributed by atoms with van der Waals surface area (Å²) in [6, 6.07) is 0.